The number of aliphatic hydroxyl groups is 2. The van der Waals surface area contributed by atoms with Gasteiger partial charge in [-0.15, -0.1) is 0 Å². The summed E-state index contributed by atoms with van der Waals surface area (Å²) in [7, 11) is 0. The van der Waals surface area contributed by atoms with Gasteiger partial charge in [0.15, 0.2) is 6.29 Å². The van der Waals surface area contributed by atoms with E-state index >= 15 is 0 Å². The minimum Gasteiger partial charge on any atom is -0.478 e. The van der Waals surface area contributed by atoms with Gasteiger partial charge in [-0.1, -0.05) is 0 Å². The molecule has 1 unspecified atom stereocenters. The fourth-order valence-corrected chi connectivity index (χ4v) is 2.90. The zero-order valence-corrected chi connectivity index (χ0v) is 11.5. The van der Waals surface area contributed by atoms with Gasteiger partial charge in [0.05, 0.1) is 5.56 Å². The number of hydrogen-bond acceptors (Lipinski definition) is 4. The molecule has 0 amide bonds. The highest BCUT2D eigenvalue weighted by atomic mass is 19.1. The summed E-state index contributed by atoms with van der Waals surface area (Å²) in [4.78, 5) is 11.0. The molecule has 21 heavy (non-hydrogen) atoms. The van der Waals surface area contributed by atoms with Crippen LogP contribution < -0.4 is 0 Å². The molecule has 0 aliphatic carbocycles. The number of halogens is 1. The van der Waals surface area contributed by atoms with Gasteiger partial charge in [-0.3, -0.25) is 0 Å². The Bertz CT molecular complexity index is 497. The zero-order valence-electron chi connectivity index (χ0n) is 11.5. The monoisotopic (exact) mass is 298 g/mol. The summed E-state index contributed by atoms with van der Waals surface area (Å²) in [6.07, 6.45) is -0.00540. The number of ether oxygens (including phenoxy) is 1. The molecule has 0 aromatic heterocycles. The summed E-state index contributed by atoms with van der Waals surface area (Å²) >= 11 is 0. The van der Waals surface area contributed by atoms with Gasteiger partial charge in [-0.2, -0.15) is 0 Å². The predicted octanol–water partition coefficient (Wildman–Crippen LogP) is 1.73. The molecule has 2 rings (SSSR count). The van der Waals surface area contributed by atoms with E-state index in [-0.39, 0.29) is 23.8 Å². The van der Waals surface area contributed by atoms with E-state index in [1.165, 1.54) is 12.1 Å². The molecular weight excluding hydrogens is 279 g/mol. The summed E-state index contributed by atoms with van der Waals surface area (Å²) in [5, 5.41) is 27.6. The van der Waals surface area contributed by atoms with Gasteiger partial charge in [0.2, 0.25) is 0 Å². The molecule has 0 radical (unpaired) electrons. The Hall–Kier alpha value is -1.50. The van der Waals surface area contributed by atoms with Crippen LogP contribution in [0.3, 0.4) is 0 Å². The van der Waals surface area contributed by atoms with Gasteiger partial charge >= 0.3 is 5.97 Å². The maximum Gasteiger partial charge on any atom is 0.335 e. The molecule has 6 heteroatoms. The summed E-state index contributed by atoms with van der Waals surface area (Å²) in [6.45, 7) is 1.15. The first-order valence-corrected chi connectivity index (χ1v) is 6.95. The van der Waals surface area contributed by atoms with Crippen LogP contribution in [0.4, 0.5) is 4.39 Å². The van der Waals surface area contributed by atoms with Crippen LogP contribution in [0.5, 0.6) is 0 Å². The molecule has 1 saturated heterocycles. The second-order valence-corrected chi connectivity index (χ2v) is 5.35. The molecule has 0 spiro atoms. The first kappa shape index (κ1) is 15.9. The van der Waals surface area contributed by atoms with Crippen molar-refractivity contribution in [3.63, 3.8) is 0 Å². The maximum absolute atomic E-state index is 13.6. The fraction of sp³-hybridized carbons (Fsp3) is 0.533. The third-order valence-electron chi connectivity index (χ3n) is 3.89. The van der Waals surface area contributed by atoms with E-state index < -0.39 is 18.1 Å². The first-order chi connectivity index (χ1) is 9.97. The van der Waals surface area contributed by atoms with E-state index in [9.17, 15) is 19.4 Å². The second-order valence-electron chi connectivity index (χ2n) is 5.35. The zero-order chi connectivity index (χ0) is 15.4. The average molecular weight is 298 g/mol. The lowest BCUT2D eigenvalue weighted by Gasteiger charge is -2.31. The minimum atomic E-state index is -1.52. The van der Waals surface area contributed by atoms with E-state index in [0.29, 0.717) is 18.8 Å². The third-order valence-corrected chi connectivity index (χ3v) is 3.89. The van der Waals surface area contributed by atoms with Crippen LogP contribution >= 0.6 is 0 Å². The molecule has 1 fully saturated rings. The molecule has 1 heterocycles. The van der Waals surface area contributed by atoms with Crippen molar-refractivity contribution in [1.29, 1.82) is 0 Å². The van der Waals surface area contributed by atoms with Crippen molar-refractivity contribution in [3.05, 3.63) is 35.1 Å². The lowest BCUT2D eigenvalue weighted by atomic mass is 9.78. The van der Waals surface area contributed by atoms with Crippen LogP contribution in [0.25, 0.3) is 0 Å². The van der Waals surface area contributed by atoms with Crippen LogP contribution in [-0.4, -0.2) is 40.8 Å². The molecule has 1 atom stereocenters. The Balaban J connectivity index is 2.32. The Labute approximate surface area is 122 Å². The Morgan fingerprint density at radius 1 is 1.29 bits per heavy atom. The molecule has 3 N–H and O–H groups in total. The smallest absolute Gasteiger partial charge is 0.335 e. The normalized spacial score (nSPS) is 17.9. The van der Waals surface area contributed by atoms with Gasteiger partial charge in [-0.25, -0.2) is 9.18 Å². The average Bonchev–Trinajstić information content (AvgIpc) is 2.44. The number of rotatable bonds is 5. The molecule has 0 bridgehead atoms. The van der Waals surface area contributed by atoms with E-state index in [4.69, 9.17) is 9.84 Å². The number of aliphatic hydroxyl groups excluding tert-OH is 1. The van der Waals surface area contributed by atoms with Gasteiger partial charge in [0, 0.05) is 19.6 Å². The van der Waals surface area contributed by atoms with Crippen molar-refractivity contribution in [2.24, 2.45) is 5.92 Å². The number of benzene rings is 1. The third kappa shape index (κ3) is 4.23. The molecule has 5 nitrogen and oxygen atoms in total. The summed E-state index contributed by atoms with van der Waals surface area (Å²) < 4.78 is 18.9. The standard InChI is InChI=1S/C15H19FO5/c16-12-6-10(5-11(7-12)15(19)20)13(8-14(17)18)9-1-3-21-4-2-9/h5-7,9,13-14,17-18H,1-4,8H2,(H,19,20). The number of hydrogen-bond donors (Lipinski definition) is 3. The van der Waals surface area contributed by atoms with Crippen LogP contribution in [-0.2, 0) is 4.74 Å². The molecule has 1 aliphatic rings. The topological polar surface area (TPSA) is 87.0 Å². The number of carboxylic acid groups (broad SMARTS) is 1. The van der Waals surface area contributed by atoms with Crippen molar-refractivity contribution < 1.29 is 29.2 Å². The summed E-state index contributed by atoms with van der Waals surface area (Å²) in [5.74, 6) is -2.02. The number of aromatic carboxylic acids is 1. The van der Waals surface area contributed by atoms with Crippen molar-refractivity contribution in [1.82, 2.24) is 0 Å². The molecule has 1 aliphatic heterocycles. The summed E-state index contributed by atoms with van der Waals surface area (Å²) in [5.41, 5.74) is 0.363. The van der Waals surface area contributed by atoms with Gasteiger partial charge in [0.25, 0.3) is 0 Å². The predicted molar refractivity (Wildman–Crippen MR) is 72.5 cm³/mol. The number of carboxylic acids is 1. The molecule has 0 saturated carbocycles. The molecule has 1 aromatic carbocycles. The van der Waals surface area contributed by atoms with Crippen LogP contribution in [0.15, 0.2) is 18.2 Å². The maximum atomic E-state index is 13.6. The lowest BCUT2D eigenvalue weighted by Crippen LogP contribution is -2.25. The summed E-state index contributed by atoms with van der Waals surface area (Å²) in [6, 6.07) is 3.64. The quantitative estimate of drug-likeness (QED) is 0.721. The molecular formula is C15H19FO5. The van der Waals surface area contributed by atoms with Crippen LogP contribution in [0.1, 0.15) is 41.1 Å². The van der Waals surface area contributed by atoms with Gasteiger partial charge in [0.1, 0.15) is 5.82 Å². The Morgan fingerprint density at radius 3 is 2.52 bits per heavy atom. The van der Waals surface area contributed by atoms with E-state index in [1.807, 2.05) is 0 Å². The second kappa shape index (κ2) is 6.98. The van der Waals surface area contributed by atoms with Crippen molar-refractivity contribution in [2.45, 2.75) is 31.5 Å². The van der Waals surface area contributed by atoms with Crippen LogP contribution in [0.2, 0.25) is 0 Å². The van der Waals surface area contributed by atoms with Crippen molar-refractivity contribution in [3.8, 4) is 0 Å². The highest BCUT2D eigenvalue weighted by Crippen LogP contribution is 2.36. The van der Waals surface area contributed by atoms with Crippen LogP contribution in [0, 0.1) is 11.7 Å². The lowest BCUT2D eigenvalue weighted by molar-refractivity contribution is -0.0578. The molecule has 116 valence electrons. The number of carbonyl (C=O) groups is 1. The van der Waals surface area contributed by atoms with E-state index in [0.717, 1.165) is 18.9 Å². The van der Waals surface area contributed by atoms with Gasteiger partial charge < -0.3 is 20.1 Å². The fourth-order valence-electron chi connectivity index (χ4n) is 2.90. The largest absolute Gasteiger partial charge is 0.478 e. The Kier molecular flexibility index (Phi) is 5.27. The SMILES string of the molecule is O=C(O)c1cc(F)cc(C(CC(O)O)C2CCOCC2)c1. The van der Waals surface area contributed by atoms with Crippen molar-refractivity contribution >= 4 is 5.97 Å². The van der Waals surface area contributed by atoms with E-state index in [2.05, 4.69) is 0 Å². The first-order valence-electron chi connectivity index (χ1n) is 6.95. The minimum absolute atomic E-state index is 0.0488. The highest BCUT2D eigenvalue weighted by molar-refractivity contribution is 5.87. The van der Waals surface area contributed by atoms with Gasteiger partial charge in [-0.05, 0) is 48.4 Å². The Morgan fingerprint density at radius 2 is 1.95 bits per heavy atom. The highest BCUT2D eigenvalue weighted by Gasteiger charge is 2.28. The molecule has 1 aromatic rings. The van der Waals surface area contributed by atoms with E-state index in [1.54, 1.807) is 0 Å². The van der Waals surface area contributed by atoms with Crippen molar-refractivity contribution in [2.75, 3.05) is 13.2 Å².